The third-order valence-electron chi connectivity index (χ3n) is 3.88. The van der Waals surface area contributed by atoms with Crippen LogP contribution in [-0.2, 0) is 0 Å². The highest BCUT2D eigenvalue weighted by Crippen LogP contribution is 2.31. The Morgan fingerprint density at radius 3 is 2.44 bits per heavy atom. The molecule has 1 heterocycles. The Balaban J connectivity index is 1.86. The van der Waals surface area contributed by atoms with Crippen molar-refractivity contribution in [1.29, 1.82) is 0 Å². The van der Waals surface area contributed by atoms with Crippen molar-refractivity contribution >= 4 is 11.6 Å². The maximum atomic E-state index is 12.6. The highest BCUT2D eigenvalue weighted by molar-refractivity contribution is 6.06. The summed E-state index contributed by atoms with van der Waals surface area (Å²) in [5.41, 5.74) is 1.97. The topological polar surface area (TPSA) is 60.7 Å². The number of methoxy groups -OCH3 is 2. The molecule has 0 aliphatic heterocycles. The summed E-state index contributed by atoms with van der Waals surface area (Å²) in [7, 11) is 3.12. The molecule has 0 saturated heterocycles. The SMILES string of the molecule is COc1ccc(NC(=O)c2cc(-c3ccccc3)oc2C)c(OC)c1. The Bertz CT molecular complexity index is 884. The molecule has 0 atom stereocenters. The van der Waals surface area contributed by atoms with E-state index in [1.807, 2.05) is 30.3 Å². The minimum absolute atomic E-state index is 0.258. The van der Waals surface area contributed by atoms with E-state index in [1.165, 1.54) is 0 Å². The first-order valence-electron chi connectivity index (χ1n) is 7.81. The van der Waals surface area contributed by atoms with Crippen LogP contribution in [0, 0.1) is 6.92 Å². The summed E-state index contributed by atoms with van der Waals surface area (Å²) >= 11 is 0. The lowest BCUT2D eigenvalue weighted by Gasteiger charge is -2.11. The Kier molecular flexibility index (Phi) is 4.75. The van der Waals surface area contributed by atoms with Crippen LogP contribution >= 0.6 is 0 Å². The lowest BCUT2D eigenvalue weighted by molar-refractivity contribution is 0.102. The van der Waals surface area contributed by atoms with Crippen LogP contribution in [-0.4, -0.2) is 20.1 Å². The van der Waals surface area contributed by atoms with Crippen molar-refractivity contribution in [2.45, 2.75) is 6.92 Å². The Morgan fingerprint density at radius 2 is 1.76 bits per heavy atom. The van der Waals surface area contributed by atoms with Gasteiger partial charge in [-0.25, -0.2) is 0 Å². The van der Waals surface area contributed by atoms with Gasteiger partial charge in [-0.1, -0.05) is 30.3 Å². The van der Waals surface area contributed by atoms with Crippen LogP contribution in [0.2, 0.25) is 0 Å². The number of nitrogens with one attached hydrogen (secondary N) is 1. The number of carbonyl (C=O) groups excluding carboxylic acids is 1. The van der Waals surface area contributed by atoms with Crippen molar-refractivity contribution in [2.75, 3.05) is 19.5 Å². The van der Waals surface area contributed by atoms with Crippen molar-refractivity contribution in [3.8, 4) is 22.8 Å². The molecule has 128 valence electrons. The van der Waals surface area contributed by atoms with Gasteiger partial charge in [-0.15, -0.1) is 0 Å². The van der Waals surface area contributed by atoms with Crippen LogP contribution in [0.15, 0.2) is 59.0 Å². The second-order valence-corrected chi connectivity index (χ2v) is 5.47. The molecule has 5 heteroatoms. The van der Waals surface area contributed by atoms with E-state index in [0.29, 0.717) is 34.3 Å². The van der Waals surface area contributed by atoms with E-state index in [0.717, 1.165) is 5.56 Å². The summed E-state index contributed by atoms with van der Waals surface area (Å²) < 4.78 is 16.2. The first kappa shape index (κ1) is 16.6. The second kappa shape index (κ2) is 7.13. The van der Waals surface area contributed by atoms with Gasteiger partial charge in [-0.05, 0) is 25.1 Å². The summed E-state index contributed by atoms with van der Waals surface area (Å²) in [5.74, 6) is 2.14. The number of furan rings is 1. The van der Waals surface area contributed by atoms with Gasteiger partial charge in [0.05, 0.1) is 25.5 Å². The highest BCUT2D eigenvalue weighted by Gasteiger charge is 2.17. The lowest BCUT2D eigenvalue weighted by Crippen LogP contribution is -2.12. The molecule has 0 spiro atoms. The zero-order chi connectivity index (χ0) is 17.8. The van der Waals surface area contributed by atoms with E-state index in [4.69, 9.17) is 13.9 Å². The Morgan fingerprint density at radius 1 is 1.00 bits per heavy atom. The van der Waals surface area contributed by atoms with Crippen molar-refractivity contribution in [3.05, 3.63) is 65.9 Å². The van der Waals surface area contributed by atoms with Crippen molar-refractivity contribution in [2.24, 2.45) is 0 Å². The number of carbonyl (C=O) groups is 1. The molecule has 3 rings (SSSR count). The number of ether oxygens (including phenoxy) is 2. The number of hydrogen-bond donors (Lipinski definition) is 1. The van der Waals surface area contributed by atoms with Crippen LogP contribution in [0.5, 0.6) is 11.5 Å². The molecule has 1 aromatic heterocycles. The highest BCUT2D eigenvalue weighted by atomic mass is 16.5. The fraction of sp³-hybridized carbons (Fsp3) is 0.150. The number of amides is 1. The molecule has 0 saturated carbocycles. The van der Waals surface area contributed by atoms with Gasteiger partial charge in [0, 0.05) is 11.6 Å². The van der Waals surface area contributed by atoms with Crippen molar-refractivity contribution in [1.82, 2.24) is 0 Å². The average Bonchev–Trinajstić information content (AvgIpc) is 3.04. The molecule has 1 N–H and O–H groups in total. The number of anilines is 1. The third kappa shape index (κ3) is 3.50. The lowest BCUT2D eigenvalue weighted by atomic mass is 10.1. The van der Waals surface area contributed by atoms with Gasteiger partial charge in [0.1, 0.15) is 23.0 Å². The molecule has 3 aromatic rings. The van der Waals surface area contributed by atoms with Crippen molar-refractivity contribution in [3.63, 3.8) is 0 Å². The van der Waals surface area contributed by atoms with Crippen LogP contribution in [0.4, 0.5) is 5.69 Å². The first-order valence-corrected chi connectivity index (χ1v) is 7.81. The molecule has 0 bridgehead atoms. The zero-order valence-corrected chi connectivity index (χ0v) is 14.3. The van der Waals surface area contributed by atoms with E-state index >= 15 is 0 Å². The van der Waals surface area contributed by atoms with Gasteiger partial charge in [0.25, 0.3) is 5.91 Å². The predicted molar refractivity (Wildman–Crippen MR) is 96.4 cm³/mol. The van der Waals surface area contributed by atoms with Crippen LogP contribution in [0.1, 0.15) is 16.1 Å². The first-order chi connectivity index (χ1) is 12.1. The molecular weight excluding hydrogens is 318 g/mol. The molecular formula is C20H19NO4. The van der Waals surface area contributed by atoms with Crippen LogP contribution < -0.4 is 14.8 Å². The van der Waals surface area contributed by atoms with E-state index in [1.54, 1.807) is 45.4 Å². The van der Waals surface area contributed by atoms with Gasteiger partial charge < -0.3 is 19.2 Å². The van der Waals surface area contributed by atoms with Gasteiger partial charge in [-0.2, -0.15) is 0 Å². The smallest absolute Gasteiger partial charge is 0.259 e. The van der Waals surface area contributed by atoms with E-state index in [-0.39, 0.29) is 5.91 Å². The summed E-state index contributed by atoms with van der Waals surface area (Å²) in [5, 5.41) is 2.86. The second-order valence-electron chi connectivity index (χ2n) is 5.47. The summed E-state index contributed by atoms with van der Waals surface area (Å²) in [6, 6.07) is 16.6. The Hall–Kier alpha value is -3.21. The van der Waals surface area contributed by atoms with Crippen LogP contribution in [0.25, 0.3) is 11.3 Å². The molecule has 25 heavy (non-hydrogen) atoms. The predicted octanol–water partition coefficient (Wildman–Crippen LogP) is 4.52. The van der Waals surface area contributed by atoms with Gasteiger partial charge >= 0.3 is 0 Å². The molecule has 1 amide bonds. The third-order valence-corrected chi connectivity index (χ3v) is 3.88. The summed E-state index contributed by atoms with van der Waals surface area (Å²) in [4.78, 5) is 12.6. The quantitative estimate of drug-likeness (QED) is 0.743. The molecule has 0 radical (unpaired) electrons. The number of rotatable bonds is 5. The minimum atomic E-state index is -0.258. The molecule has 0 aliphatic carbocycles. The number of aryl methyl sites for hydroxylation is 1. The maximum absolute atomic E-state index is 12.6. The standard InChI is InChI=1S/C20H19NO4/c1-13-16(12-18(25-13)14-7-5-4-6-8-14)20(22)21-17-10-9-15(23-2)11-19(17)24-3/h4-12H,1-3H3,(H,21,22). The fourth-order valence-electron chi connectivity index (χ4n) is 2.54. The molecule has 0 fully saturated rings. The maximum Gasteiger partial charge on any atom is 0.259 e. The van der Waals surface area contributed by atoms with E-state index < -0.39 is 0 Å². The van der Waals surface area contributed by atoms with Gasteiger partial charge in [0.15, 0.2) is 0 Å². The van der Waals surface area contributed by atoms with Crippen LogP contribution in [0.3, 0.4) is 0 Å². The number of benzene rings is 2. The molecule has 0 aliphatic rings. The molecule has 5 nitrogen and oxygen atoms in total. The Labute approximate surface area is 146 Å². The van der Waals surface area contributed by atoms with E-state index in [9.17, 15) is 4.79 Å². The monoisotopic (exact) mass is 337 g/mol. The largest absolute Gasteiger partial charge is 0.497 e. The van der Waals surface area contributed by atoms with E-state index in [2.05, 4.69) is 5.32 Å². The molecule has 0 unspecified atom stereocenters. The fourth-order valence-corrected chi connectivity index (χ4v) is 2.54. The molecule has 2 aromatic carbocycles. The zero-order valence-electron chi connectivity index (χ0n) is 14.3. The van der Waals surface area contributed by atoms with Gasteiger partial charge in [-0.3, -0.25) is 4.79 Å². The van der Waals surface area contributed by atoms with Crippen molar-refractivity contribution < 1.29 is 18.7 Å². The summed E-state index contributed by atoms with van der Waals surface area (Å²) in [6.45, 7) is 1.77. The number of hydrogen-bond acceptors (Lipinski definition) is 4. The van der Waals surface area contributed by atoms with Gasteiger partial charge in [0.2, 0.25) is 0 Å². The normalized spacial score (nSPS) is 10.4. The minimum Gasteiger partial charge on any atom is -0.497 e. The average molecular weight is 337 g/mol. The summed E-state index contributed by atoms with van der Waals surface area (Å²) in [6.07, 6.45) is 0.